The Morgan fingerprint density at radius 3 is 2.00 bits per heavy atom. The van der Waals surface area contributed by atoms with E-state index in [1.54, 1.807) is 0 Å². The smallest absolute Gasteiger partial charge is 0.106 e. The van der Waals surface area contributed by atoms with Gasteiger partial charge in [-0.1, -0.05) is 29.3 Å². The summed E-state index contributed by atoms with van der Waals surface area (Å²) in [6.07, 6.45) is 2.60. The number of rotatable bonds is 2. The zero-order chi connectivity index (χ0) is 6.12. The van der Waals surface area contributed by atoms with Crippen LogP contribution in [0.1, 0.15) is 19.8 Å². The molecule has 0 saturated carbocycles. The third-order valence-corrected chi connectivity index (χ3v) is 1.05. The van der Waals surface area contributed by atoms with Crippen LogP contribution in [0.2, 0.25) is 0 Å². The van der Waals surface area contributed by atoms with Crippen molar-refractivity contribution in [3.05, 3.63) is 0 Å². The number of hydrogen-bond acceptors (Lipinski definition) is 1. The lowest BCUT2D eigenvalue weighted by molar-refractivity contribution is -0.0979. The monoisotopic (exact) mass is 166 g/mol. The molecular formula is C5H11BrO. The zero-order valence-electron chi connectivity index (χ0n) is 4.61. The molecule has 0 spiro atoms. The van der Waals surface area contributed by atoms with Crippen LogP contribution < -0.4 is 0 Å². The molecule has 0 heterocycles. The van der Waals surface area contributed by atoms with E-state index in [1.165, 1.54) is 12.8 Å². The van der Waals surface area contributed by atoms with E-state index < -0.39 is 0 Å². The first-order valence-electron chi connectivity index (χ1n) is 2.26. The van der Waals surface area contributed by atoms with Gasteiger partial charge in [-0.05, 0) is 6.42 Å². The van der Waals surface area contributed by atoms with Crippen molar-refractivity contribution in [2.24, 2.45) is 0 Å². The van der Waals surface area contributed by atoms with Crippen molar-refractivity contribution in [3.63, 3.8) is 0 Å². The molecule has 0 aliphatic heterocycles. The van der Waals surface area contributed by atoms with Gasteiger partial charge in [0, 0.05) is 5.33 Å². The molecule has 0 aliphatic carbocycles. The zero-order valence-corrected chi connectivity index (χ0v) is 6.20. The van der Waals surface area contributed by atoms with E-state index in [0.717, 1.165) is 5.33 Å². The van der Waals surface area contributed by atoms with E-state index in [0.29, 0.717) is 0 Å². The maximum absolute atomic E-state index is 8.00. The average molecular weight is 167 g/mol. The molecule has 0 radical (unpaired) electrons. The van der Waals surface area contributed by atoms with E-state index >= 15 is 0 Å². The van der Waals surface area contributed by atoms with Crippen LogP contribution in [0.3, 0.4) is 0 Å². The van der Waals surface area contributed by atoms with Gasteiger partial charge >= 0.3 is 0 Å². The highest BCUT2D eigenvalue weighted by molar-refractivity contribution is 9.09. The van der Waals surface area contributed by atoms with Crippen LogP contribution in [-0.4, -0.2) is 12.1 Å². The van der Waals surface area contributed by atoms with Crippen LogP contribution in [-0.2, 0) is 4.79 Å². The van der Waals surface area contributed by atoms with Gasteiger partial charge in [0.05, 0.1) is 0 Å². The van der Waals surface area contributed by atoms with E-state index in [2.05, 4.69) is 22.9 Å². The molecule has 1 nitrogen and oxygen atoms in total. The fourth-order valence-corrected chi connectivity index (χ4v) is 0.694. The fourth-order valence-electron chi connectivity index (χ4n) is 0.134. The van der Waals surface area contributed by atoms with E-state index in [4.69, 9.17) is 4.79 Å². The van der Waals surface area contributed by atoms with Gasteiger partial charge in [-0.3, -0.25) is 0 Å². The predicted molar refractivity (Wildman–Crippen MR) is 35.8 cm³/mol. The largest absolute Gasteiger partial charge is 0.307 e. The maximum atomic E-state index is 8.00. The first kappa shape index (κ1) is 10.2. The summed E-state index contributed by atoms with van der Waals surface area (Å²) in [5.41, 5.74) is 0. The first-order chi connectivity index (χ1) is 3.41. The third kappa shape index (κ3) is 22.9. The summed E-state index contributed by atoms with van der Waals surface area (Å²) in [5, 5.41) is 1.16. The Morgan fingerprint density at radius 2 is 2.00 bits per heavy atom. The molecule has 0 aromatic heterocycles. The Morgan fingerprint density at radius 1 is 1.57 bits per heavy atom. The molecule has 0 bridgehead atoms. The van der Waals surface area contributed by atoms with Crippen LogP contribution >= 0.6 is 15.9 Å². The molecule has 44 valence electrons. The number of hydrogen-bond donors (Lipinski definition) is 0. The summed E-state index contributed by atoms with van der Waals surface area (Å²) in [5.74, 6) is 0. The number of alkyl halides is 1. The molecule has 0 unspecified atom stereocenters. The lowest BCUT2D eigenvalue weighted by Crippen LogP contribution is -1.64. The minimum Gasteiger partial charge on any atom is -0.307 e. The molecule has 7 heavy (non-hydrogen) atoms. The second kappa shape index (κ2) is 16.4. The van der Waals surface area contributed by atoms with Gasteiger partial charge < -0.3 is 4.79 Å². The van der Waals surface area contributed by atoms with Crippen molar-refractivity contribution in [1.29, 1.82) is 0 Å². The highest BCUT2D eigenvalue weighted by atomic mass is 79.9. The molecule has 0 aromatic carbocycles. The molecule has 0 fully saturated rings. The Kier molecular flexibility index (Phi) is 23.9. The Bertz CT molecular complexity index is 22.0. The Labute approximate surface area is 53.2 Å². The molecule has 0 aliphatic rings. The molecule has 2 heteroatoms. The number of halogens is 1. The molecule has 0 N–H and O–H groups in total. The van der Waals surface area contributed by atoms with Crippen LogP contribution in [0.4, 0.5) is 0 Å². The maximum Gasteiger partial charge on any atom is 0.106 e. The summed E-state index contributed by atoms with van der Waals surface area (Å²) < 4.78 is 0. The number of carbonyl (C=O) groups excluding carboxylic acids is 1. The van der Waals surface area contributed by atoms with Gasteiger partial charge in [0.2, 0.25) is 0 Å². The standard InChI is InChI=1S/C4H9Br.CH2O/c1-2-3-4-5;1-2/h2-4H2,1H3;1H2. The molecular weight excluding hydrogens is 156 g/mol. The Balaban J connectivity index is 0. The van der Waals surface area contributed by atoms with Crippen molar-refractivity contribution >= 4 is 22.7 Å². The van der Waals surface area contributed by atoms with Crippen LogP contribution in [0.15, 0.2) is 0 Å². The van der Waals surface area contributed by atoms with E-state index in [-0.39, 0.29) is 0 Å². The van der Waals surface area contributed by atoms with Gasteiger partial charge in [-0.25, -0.2) is 0 Å². The van der Waals surface area contributed by atoms with E-state index in [1.807, 2.05) is 6.79 Å². The summed E-state index contributed by atoms with van der Waals surface area (Å²) in [6.45, 7) is 4.18. The van der Waals surface area contributed by atoms with Gasteiger partial charge in [0.15, 0.2) is 0 Å². The number of unbranched alkanes of at least 4 members (excludes halogenated alkanes) is 1. The predicted octanol–water partition coefficient (Wildman–Crippen LogP) is 2.00. The average Bonchev–Trinajstić information content (AvgIpc) is 1.75. The molecule has 0 saturated heterocycles. The molecule has 0 rings (SSSR count). The lowest BCUT2D eigenvalue weighted by atomic mass is 10.4. The van der Waals surface area contributed by atoms with E-state index in [9.17, 15) is 0 Å². The second-order valence-electron chi connectivity index (χ2n) is 1.04. The fraction of sp³-hybridized carbons (Fsp3) is 0.800. The van der Waals surface area contributed by atoms with Crippen LogP contribution in [0.25, 0.3) is 0 Å². The van der Waals surface area contributed by atoms with Crippen molar-refractivity contribution in [3.8, 4) is 0 Å². The molecule has 0 atom stereocenters. The third-order valence-electron chi connectivity index (χ3n) is 0.487. The summed E-state index contributed by atoms with van der Waals surface area (Å²) in [6, 6.07) is 0. The van der Waals surface area contributed by atoms with Crippen molar-refractivity contribution in [2.75, 3.05) is 5.33 Å². The summed E-state index contributed by atoms with van der Waals surface area (Å²) >= 11 is 3.31. The van der Waals surface area contributed by atoms with Crippen LogP contribution in [0.5, 0.6) is 0 Å². The summed E-state index contributed by atoms with van der Waals surface area (Å²) in [7, 11) is 0. The number of carbonyl (C=O) groups is 1. The Hall–Kier alpha value is 0.150. The van der Waals surface area contributed by atoms with Gasteiger partial charge in [-0.15, -0.1) is 0 Å². The lowest BCUT2D eigenvalue weighted by Gasteiger charge is -1.77. The minimum atomic E-state index is 1.16. The highest BCUT2D eigenvalue weighted by Gasteiger charge is 1.69. The van der Waals surface area contributed by atoms with Crippen molar-refractivity contribution in [1.82, 2.24) is 0 Å². The summed E-state index contributed by atoms with van der Waals surface area (Å²) in [4.78, 5) is 8.00. The van der Waals surface area contributed by atoms with Gasteiger partial charge in [0.25, 0.3) is 0 Å². The topological polar surface area (TPSA) is 17.1 Å². The molecule has 0 amide bonds. The second-order valence-corrected chi connectivity index (χ2v) is 1.84. The van der Waals surface area contributed by atoms with Crippen molar-refractivity contribution < 1.29 is 4.79 Å². The quantitative estimate of drug-likeness (QED) is 0.574. The normalized spacial score (nSPS) is 6.57. The van der Waals surface area contributed by atoms with Crippen LogP contribution in [0, 0.1) is 0 Å². The van der Waals surface area contributed by atoms with Crippen molar-refractivity contribution in [2.45, 2.75) is 19.8 Å². The highest BCUT2D eigenvalue weighted by Crippen LogP contribution is 1.89. The molecule has 0 aromatic rings. The van der Waals surface area contributed by atoms with Gasteiger partial charge in [-0.2, -0.15) is 0 Å². The SMILES string of the molecule is C=O.CCCCBr. The minimum absolute atomic E-state index is 1.16. The first-order valence-corrected chi connectivity index (χ1v) is 3.38. The van der Waals surface area contributed by atoms with Gasteiger partial charge in [0.1, 0.15) is 6.79 Å².